The van der Waals surface area contributed by atoms with Crippen molar-refractivity contribution in [3.8, 4) is 17.2 Å². The maximum atomic E-state index is 13.6. The number of ketones is 1. The van der Waals surface area contributed by atoms with Crippen LogP contribution in [-0.2, 0) is 16.8 Å². The van der Waals surface area contributed by atoms with Crippen LogP contribution in [0.2, 0.25) is 0 Å². The number of hydrogen-bond donors (Lipinski definition) is 1. The molecule has 222 valence electrons. The van der Waals surface area contributed by atoms with E-state index in [2.05, 4.69) is 15.3 Å². The molecule has 0 bridgehead atoms. The first kappa shape index (κ1) is 31.4. The minimum Gasteiger partial charge on any atom is -0.493 e. The predicted molar refractivity (Wildman–Crippen MR) is 144 cm³/mol. The number of benzene rings is 1. The van der Waals surface area contributed by atoms with Gasteiger partial charge in [-0.1, -0.05) is 20.8 Å². The lowest BCUT2D eigenvalue weighted by molar-refractivity contribution is -0.169. The molecule has 2 amide bonds. The van der Waals surface area contributed by atoms with Gasteiger partial charge in [0.1, 0.15) is 5.69 Å². The smallest absolute Gasteiger partial charge is 0.473 e. The van der Waals surface area contributed by atoms with Crippen molar-refractivity contribution < 1.29 is 41.8 Å². The first-order valence-corrected chi connectivity index (χ1v) is 12.9. The fraction of sp³-hybridized carbons (Fsp3) is 0.464. The Labute approximate surface area is 235 Å². The van der Waals surface area contributed by atoms with Crippen LogP contribution in [0.4, 0.5) is 13.2 Å². The second kappa shape index (κ2) is 12.1. The van der Waals surface area contributed by atoms with Gasteiger partial charge >= 0.3 is 12.1 Å². The highest BCUT2D eigenvalue weighted by Crippen LogP contribution is 2.40. The molecule has 0 unspecified atom stereocenters. The van der Waals surface area contributed by atoms with E-state index >= 15 is 0 Å². The molecule has 1 N–H and O–H groups in total. The fourth-order valence-corrected chi connectivity index (χ4v) is 4.30. The summed E-state index contributed by atoms with van der Waals surface area (Å²) in [5.74, 6) is -3.05. The number of amides is 2. The molecule has 13 heteroatoms. The van der Waals surface area contributed by atoms with Crippen LogP contribution < -0.4 is 19.5 Å². The molecule has 2 aromatic rings. The fourth-order valence-electron chi connectivity index (χ4n) is 4.30. The maximum absolute atomic E-state index is 13.6. The molecule has 0 aliphatic carbocycles. The number of alkyl halides is 3. The highest BCUT2D eigenvalue weighted by Gasteiger charge is 2.41. The van der Waals surface area contributed by atoms with Crippen LogP contribution in [0.15, 0.2) is 23.2 Å². The number of ether oxygens (including phenoxy) is 3. The predicted octanol–water partition coefficient (Wildman–Crippen LogP) is 4.08. The lowest BCUT2D eigenvalue weighted by atomic mass is 9.84. The van der Waals surface area contributed by atoms with E-state index in [1.54, 1.807) is 19.9 Å². The molecule has 0 atom stereocenters. The average molecular weight is 579 g/mol. The van der Waals surface area contributed by atoms with Gasteiger partial charge in [0, 0.05) is 30.3 Å². The Balaban J connectivity index is 2.12. The largest absolute Gasteiger partial charge is 0.493 e. The first-order valence-electron chi connectivity index (χ1n) is 12.9. The molecule has 0 spiro atoms. The second-order valence-corrected chi connectivity index (χ2v) is 10.1. The Morgan fingerprint density at radius 3 is 2.22 bits per heavy atom. The van der Waals surface area contributed by atoms with E-state index in [4.69, 9.17) is 14.2 Å². The van der Waals surface area contributed by atoms with Crippen molar-refractivity contribution in [2.75, 3.05) is 33.9 Å². The molecular formula is C28H33F3N4O6. The molecule has 1 aromatic carbocycles. The molecule has 2 heterocycles. The van der Waals surface area contributed by atoms with Crippen LogP contribution >= 0.6 is 0 Å². The van der Waals surface area contributed by atoms with Gasteiger partial charge in [-0.2, -0.15) is 18.2 Å². The average Bonchev–Trinajstić information content (AvgIpc) is 3.21. The van der Waals surface area contributed by atoms with Gasteiger partial charge in [0.25, 0.3) is 5.91 Å². The van der Waals surface area contributed by atoms with Gasteiger partial charge in [0.15, 0.2) is 34.6 Å². The third kappa shape index (κ3) is 6.77. The molecule has 0 saturated heterocycles. The van der Waals surface area contributed by atoms with Crippen LogP contribution in [0.3, 0.4) is 0 Å². The summed E-state index contributed by atoms with van der Waals surface area (Å²) in [7, 11) is 2.85. The van der Waals surface area contributed by atoms with Gasteiger partial charge in [-0.3, -0.25) is 14.4 Å². The summed E-state index contributed by atoms with van der Waals surface area (Å²) in [6.45, 7) is 9.23. The number of carbonyl (C=O) groups is 3. The zero-order chi connectivity index (χ0) is 30.7. The standard InChI is InChI=1S/C28H33F3N4O6/c1-8-40-19-12-16-13-35(24(34-26(38)28(29,30)31)21(16)33-22(19)25(37)32-6)14-18(36)15-10-17(27(3,4)5)23(39-7)20(11-15)41-9-2/h10-12H,8-9,13-14H2,1-7H3,(H,32,37)/b34-24-. The number of nitrogens with zero attached hydrogens (tertiary/aromatic N) is 3. The monoisotopic (exact) mass is 578 g/mol. The van der Waals surface area contributed by atoms with Crippen LogP contribution in [0.5, 0.6) is 17.2 Å². The number of fused-ring (bicyclic) bond motifs is 1. The van der Waals surface area contributed by atoms with Gasteiger partial charge in [0.2, 0.25) is 0 Å². The molecule has 1 aliphatic rings. The Hall–Kier alpha value is -4.16. The molecule has 0 fully saturated rings. The number of rotatable bonds is 9. The maximum Gasteiger partial charge on any atom is 0.473 e. The number of amidine groups is 1. The van der Waals surface area contributed by atoms with Crippen molar-refractivity contribution in [3.63, 3.8) is 0 Å². The second-order valence-electron chi connectivity index (χ2n) is 10.1. The Bertz CT molecular complexity index is 1380. The van der Waals surface area contributed by atoms with E-state index in [0.717, 1.165) is 0 Å². The normalized spacial score (nSPS) is 14.1. The molecule has 41 heavy (non-hydrogen) atoms. The van der Waals surface area contributed by atoms with Gasteiger partial charge in [-0.25, -0.2) is 4.98 Å². The zero-order valence-electron chi connectivity index (χ0n) is 24.0. The summed E-state index contributed by atoms with van der Waals surface area (Å²) >= 11 is 0. The van der Waals surface area contributed by atoms with Crippen molar-refractivity contribution in [2.24, 2.45) is 4.99 Å². The number of methoxy groups -OCH3 is 1. The quantitative estimate of drug-likeness (QED) is 0.442. The third-order valence-electron chi connectivity index (χ3n) is 6.15. The summed E-state index contributed by atoms with van der Waals surface area (Å²) < 4.78 is 56.5. The molecule has 3 rings (SSSR count). The van der Waals surface area contributed by atoms with E-state index in [1.165, 1.54) is 31.2 Å². The molecule has 0 saturated carbocycles. The molecule has 1 aromatic heterocycles. The van der Waals surface area contributed by atoms with Crippen LogP contribution in [0.1, 0.15) is 72.3 Å². The number of nitrogens with one attached hydrogen (secondary N) is 1. The number of hydrogen-bond acceptors (Lipinski definition) is 7. The summed E-state index contributed by atoms with van der Waals surface area (Å²) in [4.78, 5) is 46.7. The number of aliphatic imine (C=N–C) groups is 1. The highest BCUT2D eigenvalue weighted by molar-refractivity contribution is 6.10. The highest BCUT2D eigenvalue weighted by atomic mass is 19.4. The zero-order valence-corrected chi connectivity index (χ0v) is 24.0. The molecule has 1 aliphatic heterocycles. The lowest BCUT2D eigenvalue weighted by Gasteiger charge is -2.25. The van der Waals surface area contributed by atoms with E-state index in [1.807, 2.05) is 20.8 Å². The summed E-state index contributed by atoms with van der Waals surface area (Å²) in [6.07, 6.45) is -5.26. The number of aromatic nitrogens is 1. The van der Waals surface area contributed by atoms with Crippen LogP contribution in [0.25, 0.3) is 0 Å². The van der Waals surface area contributed by atoms with Gasteiger partial charge in [-0.15, -0.1) is 0 Å². The van der Waals surface area contributed by atoms with Crippen LogP contribution in [-0.4, -0.2) is 73.4 Å². The topological polar surface area (TPSA) is 119 Å². The lowest BCUT2D eigenvalue weighted by Crippen LogP contribution is -2.33. The summed E-state index contributed by atoms with van der Waals surface area (Å²) in [6, 6.07) is 4.61. The Morgan fingerprint density at radius 1 is 1.05 bits per heavy atom. The van der Waals surface area contributed by atoms with E-state index < -0.39 is 41.6 Å². The third-order valence-corrected chi connectivity index (χ3v) is 6.15. The van der Waals surface area contributed by atoms with Crippen molar-refractivity contribution >= 4 is 23.4 Å². The number of Topliss-reactive ketones (excluding diaryl/α,β-unsaturated/α-hetero) is 1. The van der Waals surface area contributed by atoms with Gasteiger partial charge < -0.3 is 24.4 Å². The van der Waals surface area contributed by atoms with Crippen LogP contribution in [0, 0.1) is 0 Å². The SMILES string of the molecule is CCOc1cc2c(nc1C(=O)NC)/C(=N/C(=O)C(F)(F)F)N(CC(=O)c1cc(OCC)c(OC)c(C(C)(C)C)c1)C2. The molecular weight excluding hydrogens is 545 g/mol. The van der Waals surface area contributed by atoms with Crippen molar-refractivity contribution in [1.29, 1.82) is 0 Å². The number of halogens is 3. The number of carbonyl (C=O) groups excluding carboxylic acids is 3. The minimum atomic E-state index is -5.26. The minimum absolute atomic E-state index is 0.103. The summed E-state index contributed by atoms with van der Waals surface area (Å²) in [5.41, 5.74) is 0.489. The van der Waals surface area contributed by atoms with Gasteiger partial charge in [0.05, 0.1) is 26.9 Å². The number of pyridine rings is 1. The molecule has 10 nitrogen and oxygen atoms in total. The molecule has 0 radical (unpaired) electrons. The van der Waals surface area contributed by atoms with E-state index in [0.29, 0.717) is 29.2 Å². The Morgan fingerprint density at radius 2 is 1.68 bits per heavy atom. The van der Waals surface area contributed by atoms with E-state index in [-0.39, 0.29) is 35.9 Å². The Kier molecular flexibility index (Phi) is 9.30. The van der Waals surface area contributed by atoms with Gasteiger partial charge in [-0.05, 0) is 37.5 Å². The van der Waals surface area contributed by atoms with Crippen molar-refractivity contribution in [2.45, 2.75) is 52.8 Å². The van der Waals surface area contributed by atoms with Crippen molar-refractivity contribution in [1.82, 2.24) is 15.2 Å². The first-order chi connectivity index (χ1) is 19.2. The van der Waals surface area contributed by atoms with E-state index in [9.17, 15) is 27.6 Å². The summed E-state index contributed by atoms with van der Waals surface area (Å²) in [5, 5.41) is 2.40. The van der Waals surface area contributed by atoms with Crippen molar-refractivity contribution in [3.05, 3.63) is 46.3 Å².